The highest BCUT2D eigenvalue weighted by molar-refractivity contribution is 5.72. The van der Waals surface area contributed by atoms with Gasteiger partial charge in [0.2, 0.25) is 0 Å². The number of piperazine rings is 1. The van der Waals surface area contributed by atoms with Crippen LogP contribution in [0.2, 0.25) is 0 Å². The predicted molar refractivity (Wildman–Crippen MR) is 38.6 cm³/mol. The zero-order valence-electron chi connectivity index (χ0n) is 6.13. The smallest absolute Gasteiger partial charge is 0.315 e. The van der Waals surface area contributed by atoms with Crippen LogP contribution < -0.4 is 11.1 Å². The average molecular weight is 143 g/mol. The topological polar surface area (TPSA) is 58.4 Å². The maximum absolute atomic E-state index is 10.7. The fourth-order valence-electron chi connectivity index (χ4n) is 1.17. The lowest BCUT2D eigenvalue weighted by atomic mass is 10.2. The fourth-order valence-corrected chi connectivity index (χ4v) is 1.17. The van der Waals surface area contributed by atoms with Crippen molar-refractivity contribution in [2.45, 2.75) is 13.0 Å². The summed E-state index contributed by atoms with van der Waals surface area (Å²) in [6.45, 7) is 4.42. The molecule has 1 aliphatic heterocycles. The number of carbonyl (C=O) groups is 1. The minimum atomic E-state index is -0.311. The number of nitrogens with two attached hydrogens (primary N) is 1. The molecular weight excluding hydrogens is 130 g/mol. The van der Waals surface area contributed by atoms with Crippen LogP contribution in [-0.2, 0) is 0 Å². The molecule has 58 valence electrons. The van der Waals surface area contributed by atoms with E-state index >= 15 is 0 Å². The Morgan fingerprint density at radius 3 is 2.90 bits per heavy atom. The van der Waals surface area contributed by atoms with Gasteiger partial charge in [0.15, 0.2) is 0 Å². The molecule has 1 atom stereocenters. The first-order valence-corrected chi connectivity index (χ1v) is 3.48. The van der Waals surface area contributed by atoms with Gasteiger partial charge in [0.05, 0.1) is 0 Å². The molecule has 0 saturated carbocycles. The largest absolute Gasteiger partial charge is 0.351 e. The quantitative estimate of drug-likeness (QED) is 0.474. The highest BCUT2D eigenvalue weighted by Gasteiger charge is 2.19. The van der Waals surface area contributed by atoms with Crippen molar-refractivity contribution in [1.29, 1.82) is 0 Å². The van der Waals surface area contributed by atoms with Crippen molar-refractivity contribution in [3.8, 4) is 0 Å². The van der Waals surface area contributed by atoms with Crippen LogP contribution in [0.1, 0.15) is 6.92 Å². The SMILES string of the molecule is CC1CNCCN1C(N)=O. The number of nitrogens with one attached hydrogen (secondary N) is 1. The molecule has 10 heavy (non-hydrogen) atoms. The van der Waals surface area contributed by atoms with Crippen molar-refractivity contribution in [3.05, 3.63) is 0 Å². The van der Waals surface area contributed by atoms with Gasteiger partial charge in [0.1, 0.15) is 0 Å². The van der Waals surface area contributed by atoms with Gasteiger partial charge in [-0.05, 0) is 6.92 Å². The van der Waals surface area contributed by atoms with Crippen LogP contribution in [0.4, 0.5) is 4.79 Å². The Hall–Kier alpha value is -0.770. The van der Waals surface area contributed by atoms with E-state index in [0.29, 0.717) is 0 Å². The molecule has 1 unspecified atom stereocenters. The van der Waals surface area contributed by atoms with Gasteiger partial charge in [-0.15, -0.1) is 0 Å². The zero-order valence-corrected chi connectivity index (χ0v) is 6.13. The number of hydrogen-bond donors (Lipinski definition) is 2. The summed E-state index contributed by atoms with van der Waals surface area (Å²) in [5, 5.41) is 3.17. The molecule has 1 aliphatic rings. The van der Waals surface area contributed by atoms with Crippen molar-refractivity contribution in [2.24, 2.45) is 5.73 Å². The monoisotopic (exact) mass is 143 g/mol. The molecule has 1 fully saturated rings. The molecular formula is C6H13N3O. The summed E-state index contributed by atoms with van der Waals surface area (Å²) in [6.07, 6.45) is 0. The van der Waals surface area contributed by atoms with E-state index in [1.54, 1.807) is 4.90 Å². The molecule has 0 aromatic rings. The van der Waals surface area contributed by atoms with E-state index in [1.165, 1.54) is 0 Å². The summed E-state index contributed by atoms with van der Waals surface area (Å²) >= 11 is 0. The Morgan fingerprint density at radius 2 is 2.50 bits per heavy atom. The molecule has 0 aromatic carbocycles. The third-order valence-electron chi connectivity index (χ3n) is 1.78. The van der Waals surface area contributed by atoms with Gasteiger partial charge in [-0.25, -0.2) is 4.79 Å². The van der Waals surface area contributed by atoms with Crippen LogP contribution in [0.15, 0.2) is 0 Å². The zero-order chi connectivity index (χ0) is 7.56. The van der Waals surface area contributed by atoms with E-state index in [1.807, 2.05) is 6.92 Å². The highest BCUT2D eigenvalue weighted by atomic mass is 16.2. The molecule has 1 saturated heterocycles. The summed E-state index contributed by atoms with van der Waals surface area (Å²) in [6, 6.07) is -0.0692. The second-order valence-electron chi connectivity index (χ2n) is 2.58. The van der Waals surface area contributed by atoms with Crippen molar-refractivity contribution in [2.75, 3.05) is 19.6 Å². The number of amides is 2. The molecule has 0 spiro atoms. The highest BCUT2D eigenvalue weighted by Crippen LogP contribution is 2.00. The van der Waals surface area contributed by atoms with Crippen LogP contribution in [-0.4, -0.2) is 36.6 Å². The van der Waals surface area contributed by atoms with Gasteiger partial charge < -0.3 is 16.0 Å². The van der Waals surface area contributed by atoms with Gasteiger partial charge in [0, 0.05) is 25.7 Å². The first kappa shape index (κ1) is 7.34. The molecule has 4 heteroatoms. The Balaban J connectivity index is 2.47. The van der Waals surface area contributed by atoms with E-state index in [-0.39, 0.29) is 12.1 Å². The van der Waals surface area contributed by atoms with Gasteiger partial charge in [0.25, 0.3) is 0 Å². The molecule has 2 amide bonds. The summed E-state index contributed by atoms with van der Waals surface area (Å²) in [5.41, 5.74) is 5.12. The summed E-state index contributed by atoms with van der Waals surface area (Å²) < 4.78 is 0. The molecule has 0 aliphatic carbocycles. The van der Waals surface area contributed by atoms with Crippen molar-refractivity contribution in [1.82, 2.24) is 10.2 Å². The predicted octanol–water partition coefficient (Wildman–Crippen LogP) is -0.641. The van der Waals surface area contributed by atoms with E-state index in [2.05, 4.69) is 5.32 Å². The number of hydrogen-bond acceptors (Lipinski definition) is 2. The van der Waals surface area contributed by atoms with Gasteiger partial charge in [-0.3, -0.25) is 0 Å². The second kappa shape index (κ2) is 2.88. The van der Waals surface area contributed by atoms with Crippen molar-refractivity contribution < 1.29 is 4.79 Å². The summed E-state index contributed by atoms with van der Waals surface area (Å²) in [4.78, 5) is 12.4. The molecule has 1 heterocycles. The van der Waals surface area contributed by atoms with Gasteiger partial charge in [-0.1, -0.05) is 0 Å². The molecule has 0 bridgehead atoms. The lowest BCUT2D eigenvalue weighted by Gasteiger charge is -2.32. The van der Waals surface area contributed by atoms with Gasteiger partial charge in [-0.2, -0.15) is 0 Å². The van der Waals surface area contributed by atoms with Crippen LogP contribution >= 0.6 is 0 Å². The molecule has 3 N–H and O–H groups in total. The first-order chi connectivity index (χ1) is 4.72. The molecule has 0 radical (unpaired) electrons. The Kier molecular flexibility index (Phi) is 2.11. The van der Waals surface area contributed by atoms with Crippen molar-refractivity contribution >= 4 is 6.03 Å². The lowest BCUT2D eigenvalue weighted by Crippen LogP contribution is -2.53. The molecule has 0 aromatic heterocycles. The maximum atomic E-state index is 10.7. The fraction of sp³-hybridized carbons (Fsp3) is 0.833. The Labute approximate surface area is 60.4 Å². The molecule has 4 nitrogen and oxygen atoms in total. The standard InChI is InChI=1S/C6H13N3O/c1-5-4-8-2-3-9(5)6(7)10/h5,8H,2-4H2,1H3,(H2,7,10). The Bertz CT molecular complexity index is 137. The second-order valence-corrected chi connectivity index (χ2v) is 2.58. The van der Waals surface area contributed by atoms with Crippen LogP contribution in [0.3, 0.4) is 0 Å². The summed E-state index contributed by atoms with van der Waals surface area (Å²) in [5.74, 6) is 0. The minimum Gasteiger partial charge on any atom is -0.351 e. The third-order valence-corrected chi connectivity index (χ3v) is 1.78. The van der Waals surface area contributed by atoms with E-state index < -0.39 is 0 Å². The number of carbonyl (C=O) groups excluding carboxylic acids is 1. The number of rotatable bonds is 0. The van der Waals surface area contributed by atoms with E-state index in [0.717, 1.165) is 19.6 Å². The van der Waals surface area contributed by atoms with Crippen LogP contribution in [0.5, 0.6) is 0 Å². The normalized spacial score (nSPS) is 26.5. The van der Waals surface area contributed by atoms with E-state index in [9.17, 15) is 4.79 Å². The van der Waals surface area contributed by atoms with Crippen LogP contribution in [0, 0.1) is 0 Å². The first-order valence-electron chi connectivity index (χ1n) is 3.48. The summed E-state index contributed by atoms with van der Waals surface area (Å²) in [7, 11) is 0. The maximum Gasteiger partial charge on any atom is 0.315 e. The molecule has 1 rings (SSSR count). The number of nitrogens with zero attached hydrogens (tertiary/aromatic N) is 1. The van der Waals surface area contributed by atoms with E-state index in [4.69, 9.17) is 5.73 Å². The third kappa shape index (κ3) is 1.39. The van der Waals surface area contributed by atoms with Crippen molar-refractivity contribution in [3.63, 3.8) is 0 Å². The number of urea groups is 1. The average Bonchev–Trinajstić information content (AvgIpc) is 1.88. The Morgan fingerprint density at radius 1 is 1.80 bits per heavy atom. The minimum absolute atomic E-state index is 0.242. The van der Waals surface area contributed by atoms with Crippen LogP contribution in [0.25, 0.3) is 0 Å². The lowest BCUT2D eigenvalue weighted by molar-refractivity contribution is 0.173. The van der Waals surface area contributed by atoms with Gasteiger partial charge >= 0.3 is 6.03 Å². The number of primary amides is 1.